The first-order valence-corrected chi connectivity index (χ1v) is 5.33. The lowest BCUT2D eigenvalue weighted by Gasteiger charge is -1.89. The van der Waals surface area contributed by atoms with Crippen molar-refractivity contribution >= 4 is 17.7 Å². The van der Waals surface area contributed by atoms with E-state index in [1.165, 1.54) is 6.39 Å². The molecule has 0 aliphatic rings. The van der Waals surface area contributed by atoms with E-state index in [1.54, 1.807) is 6.92 Å². The second-order valence-electron chi connectivity index (χ2n) is 2.92. The molecule has 2 aromatic rings. The van der Waals surface area contributed by atoms with E-state index in [0.717, 1.165) is 11.8 Å². The molecule has 8 heteroatoms. The van der Waals surface area contributed by atoms with Crippen molar-refractivity contribution in [1.29, 1.82) is 0 Å². The smallest absolute Gasteiger partial charge is 0.313 e. The fourth-order valence-electron chi connectivity index (χ4n) is 1.07. The zero-order chi connectivity index (χ0) is 11.5. The number of hydrogen-bond donors (Lipinski definition) is 2. The summed E-state index contributed by atoms with van der Waals surface area (Å²) >= 11 is 1.04. The summed E-state index contributed by atoms with van der Waals surface area (Å²) in [6.07, 6.45) is 1.32. The number of aromatic nitrogens is 4. The molecule has 84 valence electrons. The third-order valence-electron chi connectivity index (χ3n) is 1.75. The third kappa shape index (κ3) is 2.22. The summed E-state index contributed by atoms with van der Waals surface area (Å²) in [5, 5.41) is 15.4. The minimum Gasteiger partial charge on any atom is -0.481 e. The molecule has 0 atom stereocenters. The van der Waals surface area contributed by atoms with Crippen LogP contribution in [0.3, 0.4) is 0 Å². The van der Waals surface area contributed by atoms with Gasteiger partial charge in [0.15, 0.2) is 18.0 Å². The number of oxazole rings is 1. The Morgan fingerprint density at radius 3 is 3.12 bits per heavy atom. The van der Waals surface area contributed by atoms with Crippen molar-refractivity contribution in [2.45, 2.75) is 12.1 Å². The number of aromatic amines is 1. The van der Waals surface area contributed by atoms with Crippen LogP contribution in [0, 0.1) is 6.92 Å². The van der Waals surface area contributed by atoms with Crippen LogP contribution in [-0.2, 0) is 4.79 Å². The predicted molar refractivity (Wildman–Crippen MR) is 55.0 cm³/mol. The topological polar surface area (TPSA) is 105 Å². The molecule has 0 fully saturated rings. The normalized spacial score (nSPS) is 10.6. The summed E-state index contributed by atoms with van der Waals surface area (Å²) in [5.74, 6) is -0.0306. The molecule has 0 saturated carbocycles. The Hall–Kier alpha value is -1.83. The van der Waals surface area contributed by atoms with Crippen molar-refractivity contribution in [2.75, 3.05) is 5.75 Å². The Labute approximate surface area is 94.3 Å². The van der Waals surface area contributed by atoms with Crippen LogP contribution in [0.15, 0.2) is 16.0 Å². The fourth-order valence-corrected chi connectivity index (χ4v) is 1.59. The highest BCUT2D eigenvalue weighted by Crippen LogP contribution is 2.21. The van der Waals surface area contributed by atoms with Gasteiger partial charge >= 0.3 is 5.97 Å². The first-order valence-electron chi connectivity index (χ1n) is 4.34. The Morgan fingerprint density at radius 1 is 1.69 bits per heavy atom. The average molecular weight is 240 g/mol. The van der Waals surface area contributed by atoms with Crippen LogP contribution in [0.5, 0.6) is 0 Å². The molecule has 0 aliphatic carbocycles. The summed E-state index contributed by atoms with van der Waals surface area (Å²) in [6, 6.07) is 0. The lowest BCUT2D eigenvalue weighted by Crippen LogP contribution is -1.97. The van der Waals surface area contributed by atoms with E-state index in [-0.39, 0.29) is 5.75 Å². The monoisotopic (exact) mass is 240 g/mol. The zero-order valence-electron chi connectivity index (χ0n) is 8.30. The third-order valence-corrected chi connectivity index (χ3v) is 2.58. The number of aliphatic carboxylic acids is 1. The van der Waals surface area contributed by atoms with E-state index in [1.807, 2.05) is 0 Å². The maximum atomic E-state index is 10.3. The molecule has 2 N–H and O–H groups in total. The summed E-state index contributed by atoms with van der Waals surface area (Å²) < 4.78 is 5.12. The largest absolute Gasteiger partial charge is 0.481 e. The van der Waals surface area contributed by atoms with Gasteiger partial charge in [0, 0.05) is 0 Å². The standard InChI is InChI=1S/C8H8N4O3S/c1-4-6(15-3-9-4)7-10-8(12-11-7)16-2-5(13)14/h3H,2H2,1H3,(H,13,14)(H,10,11,12). The van der Waals surface area contributed by atoms with Gasteiger partial charge in [-0.3, -0.25) is 9.89 Å². The van der Waals surface area contributed by atoms with Gasteiger partial charge in [0.1, 0.15) is 0 Å². The van der Waals surface area contributed by atoms with E-state index in [9.17, 15) is 4.79 Å². The lowest BCUT2D eigenvalue weighted by atomic mass is 10.3. The maximum Gasteiger partial charge on any atom is 0.313 e. The molecule has 0 unspecified atom stereocenters. The molecule has 0 saturated heterocycles. The van der Waals surface area contributed by atoms with E-state index in [4.69, 9.17) is 9.52 Å². The summed E-state index contributed by atoms with van der Waals surface area (Å²) in [7, 11) is 0. The van der Waals surface area contributed by atoms with E-state index >= 15 is 0 Å². The number of hydrogen-bond acceptors (Lipinski definition) is 6. The lowest BCUT2D eigenvalue weighted by molar-refractivity contribution is -0.133. The molecule has 0 bridgehead atoms. The number of nitrogens with zero attached hydrogens (tertiary/aromatic N) is 3. The molecule has 0 amide bonds. The minimum atomic E-state index is -0.910. The summed E-state index contributed by atoms with van der Waals surface area (Å²) in [4.78, 5) is 18.4. The van der Waals surface area contributed by atoms with E-state index < -0.39 is 5.97 Å². The van der Waals surface area contributed by atoms with Crippen LogP contribution < -0.4 is 0 Å². The molecule has 16 heavy (non-hydrogen) atoms. The molecular formula is C8H8N4O3S. The minimum absolute atomic E-state index is 0.0767. The van der Waals surface area contributed by atoms with E-state index in [2.05, 4.69) is 20.2 Å². The van der Waals surface area contributed by atoms with Crippen LogP contribution in [0.25, 0.3) is 11.6 Å². The molecule has 2 rings (SSSR count). The Balaban J connectivity index is 2.14. The molecule has 2 heterocycles. The highest BCUT2D eigenvalue weighted by Gasteiger charge is 2.13. The molecular weight excluding hydrogens is 232 g/mol. The molecule has 2 aromatic heterocycles. The number of aryl methyl sites for hydroxylation is 1. The molecule has 0 aliphatic heterocycles. The van der Waals surface area contributed by atoms with Crippen LogP contribution in [0.2, 0.25) is 0 Å². The molecule has 0 radical (unpaired) electrons. The van der Waals surface area contributed by atoms with Gasteiger partial charge in [0.05, 0.1) is 11.4 Å². The van der Waals surface area contributed by atoms with Crippen LogP contribution in [-0.4, -0.2) is 37.0 Å². The van der Waals surface area contributed by atoms with Crippen molar-refractivity contribution in [3.8, 4) is 11.6 Å². The number of carbonyl (C=O) groups is 1. The van der Waals surface area contributed by atoms with Gasteiger partial charge in [-0.05, 0) is 6.92 Å². The van der Waals surface area contributed by atoms with Crippen molar-refractivity contribution < 1.29 is 14.3 Å². The first-order chi connectivity index (χ1) is 7.66. The van der Waals surface area contributed by atoms with Crippen LogP contribution in [0.4, 0.5) is 0 Å². The average Bonchev–Trinajstić information content (AvgIpc) is 2.83. The van der Waals surface area contributed by atoms with Gasteiger partial charge in [-0.25, -0.2) is 4.98 Å². The highest BCUT2D eigenvalue weighted by atomic mass is 32.2. The Bertz CT molecular complexity index is 507. The highest BCUT2D eigenvalue weighted by molar-refractivity contribution is 7.99. The fraction of sp³-hybridized carbons (Fsp3) is 0.250. The number of carboxylic acid groups (broad SMARTS) is 1. The van der Waals surface area contributed by atoms with Crippen molar-refractivity contribution in [1.82, 2.24) is 20.2 Å². The van der Waals surface area contributed by atoms with Gasteiger partial charge in [0.25, 0.3) is 0 Å². The Kier molecular flexibility index (Phi) is 2.91. The number of nitrogens with one attached hydrogen (secondary N) is 1. The van der Waals surface area contributed by atoms with Crippen molar-refractivity contribution in [2.24, 2.45) is 0 Å². The second kappa shape index (κ2) is 4.35. The molecule has 7 nitrogen and oxygen atoms in total. The van der Waals surface area contributed by atoms with Crippen LogP contribution in [0.1, 0.15) is 5.69 Å². The van der Waals surface area contributed by atoms with Crippen molar-refractivity contribution in [3.63, 3.8) is 0 Å². The van der Waals surface area contributed by atoms with Gasteiger partial charge in [0.2, 0.25) is 5.16 Å². The van der Waals surface area contributed by atoms with E-state index in [0.29, 0.717) is 22.4 Å². The summed E-state index contributed by atoms with van der Waals surface area (Å²) in [5.41, 5.74) is 0.700. The van der Waals surface area contributed by atoms with Gasteiger partial charge in [-0.2, -0.15) is 4.98 Å². The van der Waals surface area contributed by atoms with Gasteiger partial charge in [-0.15, -0.1) is 5.10 Å². The number of thioether (sulfide) groups is 1. The predicted octanol–water partition coefficient (Wildman–Crippen LogP) is 0.945. The zero-order valence-corrected chi connectivity index (χ0v) is 9.11. The quantitative estimate of drug-likeness (QED) is 0.766. The van der Waals surface area contributed by atoms with Gasteiger partial charge < -0.3 is 9.52 Å². The second-order valence-corrected chi connectivity index (χ2v) is 3.86. The maximum absolute atomic E-state index is 10.3. The summed E-state index contributed by atoms with van der Waals surface area (Å²) in [6.45, 7) is 1.78. The Morgan fingerprint density at radius 2 is 2.50 bits per heavy atom. The number of H-pyrrole nitrogens is 1. The number of rotatable bonds is 4. The van der Waals surface area contributed by atoms with Crippen LogP contribution >= 0.6 is 11.8 Å². The first kappa shape index (κ1) is 10.7. The number of carboxylic acids is 1. The SMILES string of the molecule is Cc1ncoc1-c1nc(SCC(=O)O)n[nH]1. The van der Waals surface area contributed by atoms with Gasteiger partial charge in [-0.1, -0.05) is 11.8 Å². The molecule has 0 aromatic carbocycles. The molecule has 0 spiro atoms. The van der Waals surface area contributed by atoms with Crippen molar-refractivity contribution in [3.05, 3.63) is 12.1 Å².